The normalized spacial score (nSPS) is 13.9. The van der Waals surface area contributed by atoms with Crippen LogP contribution >= 0.6 is 11.3 Å². The molecule has 0 spiro atoms. The maximum atomic E-state index is 11.7. The summed E-state index contributed by atoms with van der Waals surface area (Å²) in [6.07, 6.45) is -4.92. The molecule has 0 aromatic carbocycles. The number of ether oxygens (including phenoxy) is 1. The molecule has 3 nitrogen and oxygen atoms in total. The van der Waals surface area contributed by atoms with Gasteiger partial charge in [0, 0.05) is 13.1 Å². The lowest BCUT2D eigenvalue weighted by atomic mass is 10.2. The molecule has 17 heavy (non-hydrogen) atoms. The molecule has 1 atom stereocenters. The van der Waals surface area contributed by atoms with E-state index in [1.54, 1.807) is 6.07 Å². The van der Waals surface area contributed by atoms with Crippen LogP contribution in [-0.2, 0) is 4.74 Å². The van der Waals surface area contributed by atoms with Crippen LogP contribution in [0.4, 0.5) is 13.2 Å². The third-order valence-corrected chi connectivity index (χ3v) is 2.66. The molecule has 1 aromatic heterocycles. The summed E-state index contributed by atoms with van der Waals surface area (Å²) in [7, 11) is 0. The average Bonchev–Trinajstić information content (AvgIpc) is 2.74. The van der Waals surface area contributed by atoms with Gasteiger partial charge in [0.15, 0.2) is 0 Å². The molecular weight excluding hydrogens is 255 g/mol. The lowest BCUT2D eigenvalue weighted by Crippen LogP contribution is -2.27. The second-order valence-corrected chi connectivity index (χ2v) is 4.22. The van der Waals surface area contributed by atoms with Crippen LogP contribution in [0.1, 0.15) is 11.7 Å². The Labute approximate surface area is 101 Å². The molecule has 0 aliphatic rings. The van der Waals surface area contributed by atoms with E-state index in [1.165, 1.54) is 11.3 Å². The Kier molecular flexibility index (Phi) is 5.90. The molecule has 1 heterocycles. The SMILES string of the molecule is OC(CNCCOCC(F)(F)F)c1ccsc1. The number of hydrogen-bond acceptors (Lipinski definition) is 4. The third-order valence-electron chi connectivity index (χ3n) is 1.95. The molecule has 0 aliphatic carbocycles. The van der Waals surface area contributed by atoms with Gasteiger partial charge in [0.1, 0.15) is 6.61 Å². The second-order valence-electron chi connectivity index (χ2n) is 3.44. The first-order valence-corrected chi connectivity index (χ1v) is 5.98. The number of aliphatic hydroxyl groups excluding tert-OH is 1. The molecular formula is C10H14F3NO2S. The standard InChI is InChI=1S/C10H14F3NO2S/c11-10(12,13)7-16-3-2-14-5-9(15)8-1-4-17-6-8/h1,4,6,9,14-15H,2-3,5,7H2. The maximum Gasteiger partial charge on any atom is 0.411 e. The Hall–Kier alpha value is -0.630. The highest BCUT2D eigenvalue weighted by atomic mass is 32.1. The van der Waals surface area contributed by atoms with Crippen molar-refractivity contribution in [2.45, 2.75) is 12.3 Å². The minimum Gasteiger partial charge on any atom is -0.387 e. The highest BCUT2D eigenvalue weighted by Crippen LogP contribution is 2.15. The zero-order valence-corrected chi connectivity index (χ0v) is 9.85. The van der Waals surface area contributed by atoms with Crippen molar-refractivity contribution in [3.63, 3.8) is 0 Å². The first-order valence-electron chi connectivity index (χ1n) is 5.04. The van der Waals surface area contributed by atoms with Gasteiger partial charge in [0.05, 0.1) is 12.7 Å². The minimum absolute atomic E-state index is 0.0319. The summed E-state index contributed by atoms with van der Waals surface area (Å²) in [6, 6.07) is 1.80. The van der Waals surface area contributed by atoms with E-state index in [-0.39, 0.29) is 13.2 Å². The van der Waals surface area contributed by atoms with Crippen LogP contribution in [0, 0.1) is 0 Å². The molecule has 0 saturated heterocycles. The first-order chi connectivity index (χ1) is 7.99. The maximum absolute atomic E-state index is 11.7. The van der Waals surface area contributed by atoms with Crippen molar-refractivity contribution in [1.82, 2.24) is 5.32 Å². The molecule has 0 fully saturated rings. The Morgan fingerprint density at radius 3 is 2.82 bits per heavy atom. The Bertz CT molecular complexity index is 303. The van der Waals surface area contributed by atoms with Crippen molar-refractivity contribution in [1.29, 1.82) is 0 Å². The fourth-order valence-electron chi connectivity index (χ4n) is 1.15. The zero-order chi connectivity index (χ0) is 12.7. The fourth-order valence-corrected chi connectivity index (χ4v) is 1.86. The molecule has 0 bridgehead atoms. The molecule has 1 rings (SSSR count). The largest absolute Gasteiger partial charge is 0.411 e. The summed E-state index contributed by atoms with van der Waals surface area (Å²) >= 11 is 1.48. The summed E-state index contributed by atoms with van der Waals surface area (Å²) < 4.78 is 39.5. The lowest BCUT2D eigenvalue weighted by molar-refractivity contribution is -0.173. The van der Waals surface area contributed by atoms with E-state index >= 15 is 0 Å². The van der Waals surface area contributed by atoms with Gasteiger partial charge in [-0.25, -0.2) is 0 Å². The smallest absolute Gasteiger partial charge is 0.387 e. The molecule has 0 radical (unpaired) electrons. The first kappa shape index (κ1) is 14.4. The van der Waals surface area contributed by atoms with Crippen LogP contribution in [0.15, 0.2) is 16.8 Å². The second kappa shape index (κ2) is 6.95. The topological polar surface area (TPSA) is 41.5 Å². The van der Waals surface area contributed by atoms with Gasteiger partial charge in [-0.3, -0.25) is 0 Å². The van der Waals surface area contributed by atoms with Crippen molar-refractivity contribution in [3.8, 4) is 0 Å². The number of hydrogen-bond donors (Lipinski definition) is 2. The predicted octanol–water partition coefficient (Wildman–Crippen LogP) is 1.95. The van der Waals surface area contributed by atoms with Crippen LogP contribution in [-0.4, -0.2) is 37.6 Å². The van der Waals surface area contributed by atoms with E-state index in [4.69, 9.17) is 0 Å². The van der Waals surface area contributed by atoms with Crippen molar-refractivity contribution < 1.29 is 23.0 Å². The molecule has 2 N–H and O–H groups in total. The summed E-state index contributed by atoms with van der Waals surface area (Å²) in [5, 5.41) is 16.1. The van der Waals surface area contributed by atoms with Crippen molar-refractivity contribution in [2.24, 2.45) is 0 Å². The van der Waals surface area contributed by atoms with Gasteiger partial charge in [-0.1, -0.05) is 0 Å². The van der Waals surface area contributed by atoms with E-state index < -0.39 is 18.9 Å². The third kappa shape index (κ3) is 6.62. The molecule has 98 valence electrons. The van der Waals surface area contributed by atoms with Gasteiger partial charge < -0.3 is 15.2 Å². The van der Waals surface area contributed by atoms with Gasteiger partial charge in [0.25, 0.3) is 0 Å². The zero-order valence-electron chi connectivity index (χ0n) is 9.04. The van der Waals surface area contributed by atoms with Crippen molar-refractivity contribution in [2.75, 3.05) is 26.3 Å². The lowest BCUT2D eigenvalue weighted by Gasteiger charge is -2.11. The number of rotatable bonds is 7. The van der Waals surface area contributed by atoms with Gasteiger partial charge in [-0.15, -0.1) is 0 Å². The fraction of sp³-hybridized carbons (Fsp3) is 0.600. The summed E-state index contributed by atoms with van der Waals surface area (Å²) in [5.74, 6) is 0. The molecule has 0 amide bonds. The number of aliphatic hydroxyl groups is 1. The van der Waals surface area contributed by atoms with Gasteiger partial charge in [0.2, 0.25) is 0 Å². The van der Waals surface area contributed by atoms with Crippen molar-refractivity contribution in [3.05, 3.63) is 22.4 Å². The highest BCUT2D eigenvalue weighted by Gasteiger charge is 2.27. The van der Waals surface area contributed by atoms with E-state index in [9.17, 15) is 18.3 Å². The van der Waals surface area contributed by atoms with E-state index in [0.717, 1.165) is 5.56 Å². The summed E-state index contributed by atoms with van der Waals surface area (Å²) in [5.41, 5.74) is 0.804. The van der Waals surface area contributed by atoms with Crippen LogP contribution < -0.4 is 5.32 Å². The number of nitrogens with one attached hydrogen (secondary N) is 1. The van der Waals surface area contributed by atoms with Crippen molar-refractivity contribution >= 4 is 11.3 Å². The minimum atomic E-state index is -4.28. The highest BCUT2D eigenvalue weighted by molar-refractivity contribution is 7.07. The number of alkyl halides is 3. The number of thiophene rings is 1. The van der Waals surface area contributed by atoms with Gasteiger partial charge in [-0.05, 0) is 22.4 Å². The molecule has 0 aliphatic heterocycles. The Morgan fingerprint density at radius 2 is 2.24 bits per heavy atom. The number of halogens is 3. The van der Waals surface area contributed by atoms with E-state index in [2.05, 4.69) is 10.1 Å². The van der Waals surface area contributed by atoms with E-state index in [0.29, 0.717) is 6.54 Å². The van der Waals surface area contributed by atoms with Gasteiger partial charge in [-0.2, -0.15) is 24.5 Å². The summed E-state index contributed by atoms with van der Waals surface area (Å²) in [4.78, 5) is 0. The average molecular weight is 269 g/mol. The van der Waals surface area contributed by atoms with Gasteiger partial charge >= 0.3 is 6.18 Å². The van der Waals surface area contributed by atoms with Crippen LogP contribution in [0.25, 0.3) is 0 Å². The van der Waals surface area contributed by atoms with E-state index in [1.807, 2.05) is 10.8 Å². The quantitative estimate of drug-likeness (QED) is 0.743. The van der Waals surface area contributed by atoms with Crippen LogP contribution in [0.3, 0.4) is 0 Å². The monoisotopic (exact) mass is 269 g/mol. The molecule has 0 saturated carbocycles. The Balaban J connectivity index is 2.01. The Morgan fingerprint density at radius 1 is 1.47 bits per heavy atom. The predicted molar refractivity (Wildman–Crippen MR) is 59.0 cm³/mol. The summed E-state index contributed by atoms with van der Waals surface area (Å²) in [6.45, 7) is -0.693. The molecule has 1 aromatic rings. The van der Waals surface area contributed by atoms with Crippen LogP contribution in [0.5, 0.6) is 0 Å². The molecule has 1 unspecified atom stereocenters. The molecule has 7 heteroatoms. The van der Waals surface area contributed by atoms with Crippen LogP contribution in [0.2, 0.25) is 0 Å².